The molecule has 3 aromatic carbocycles. The van der Waals surface area contributed by atoms with Crippen LogP contribution in [0.3, 0.4) is 0 Å². The molecule has 0 aromatic heterocycles. The van der Waals surface area contributed by atoms with Gasteiger partial charge in [-0.1, -0.05) is 66.7 Å². The van der Waals surface area contributed by atoms with Crippen LogP contribution in [-0.4, -0.2) is 56.8 Å². The molecule has 200 valence electrons. The van der Waals surface area contributed by atoms with E-state index in [9.17, 15) is 22.8 Å². The molecule has 1 N–H and O–H groups in total. The minimum Gasteiger partial charge on any atom is -0.357 e. The van der Waals surface area contributed by atoms with Gasteiger partial charge in [0, 0.05) is 25.6 Å². The van der Waals surface area contributed by atoms with Crippen molar-refractivity contribution in [2.45, 2.75) is 32.9 Å². The molecule has 8 nitrogen and oxygen atoms in total. The standard InChI is InChI=1S/C29H33N3O5S/c1-21-11-8-9-14-25(21)19-31(27(29(35)30-3)17-23-12-6-5-7-13-23)28(34)20-32(38(4,36)37)26-16-10-15-24(18-26)22(2)33/h5-16,18,27H,17,19-20H2,1-4H3,(H,30,35)/t27-/m0/s1. The van der Waals surface area contributed by atoms with Crippen LogP contribution < -0.4 is 9.62 Å². The lowest BCUT2D eigenvalue weighted by atomic mass is 10.0. The maximum Gasteiger partial charge on any atom is 0.244 e. The molecule has 0 fully saturated rings. The number of rotatable bonds is 11. The second kappa shape index (κ2) is 12.5. The van der Waals surface area contributed by atoms with Crippen LogP contribution in [0.25, 0.3) is 0 Å². The minimum absolute atomic E-state index is 0.113. The third kappa shape index (κ3) is 7.29. The van der Waals surface area contributed by atoms with Gasteiger partial charge in [-0.25, -0.2) is 8.42 Å². The highest BCUT2D eigenvalue weighted by Crippen LogP contribution is 2.22. The summed E-state index contributed by atoms with van der Waals surface area (Å²) in [6.45, 7) is 2.88. The number of aryl methyl sites for hydroxylation is 1. The van der Waals surface area contributed by atoms with Gasteiger partial charge >= 0.3 is 0 Å². The number of sulfonamides is 1. The van der Waals surface area contributed by atoms with Crippen LogP contribution in [0, 0.1) is 6.92 Å². The molecular formula is C29H33N3O5S. The van der Waals surface area contributed by atoms with E-state index in [1.807, 2.05) is 61.5 Å². The number of ketones is 1. The molecule has 0 unspecified atom stereocenters. The molecule has 0 spiro atoms. The first-order valence-electron chi connectivity index (χ1n) is 12.2. The number of nitrogens with zero attached hydrogens (tertiary/aromatic N) is 2. The number of hydrogen-bond donors (Lipinski definition) is 1. The van der Waals surface area contributed by atoms with Crippen molar-refractivity contribution >= 4 is 33.3 Å². The van der Waals surface area contributed by atoms with Gasteiger partial charge in [0.15, 0.2) is 5.78 Å². The van der Waals surface area contributed by atoms with Gasteiger partial charge in [0.2, 0.25) is 21.8 Å². The number of nitrogens with one attached hydrogen (secondary N) is 1. The monoisotopic (exact) mass is 535 g/mol. The third-order valence-corrected chi connectivity index (χ3v) is 7.48. The topological polar surface area (TPSA) is 104 Å². The molecule has 1 atom stereocenters. The van der Waals surface area contributed by atoms with Crippen molar-refractivity contribution in [3.63, 3.8) is 0 Å². The predicted molar refractivity (Wildman–Crippen MR) is 148 cm³/mol. The second-order valence-corrected chi connectivity index (χ2v) is 11.1. The zero-order chi connectivity index (χ0) is 27.9. The first-order valence-corrected chi connectivity index (χ1v) is 14.0. The van der Waals surface area contributed by atoms with Gasteiger partial charge in [0.25, 0.3) is 0 Å². The maximum atomic E-state index is 13.9. The highest BCUT2D eigenvalue weighted by atomic mass is 32.2. The zero-order valence-corrected chi connectivity index (χ0v) is 22.9. The lowest BCUT2D eigenvalue weighted by Crippen LogP contribution is -2.53. The lowest BCUT2D eigenvalue weighted by Gasteiger charge is -2.33. The molecule has 0 aliphatic heterocycles. The van der Waals surface area contributed by atoms with Crippen molar-refractivity contribution in [2.24, 2.45) is 0 Å². The molecule has 3 rings (SSSR count). The van der Waals surface area contributed by atoms with Crippen LogP contribution in [0.1, 0.15) is 34.0 Å². The summed E-state index contributed by atoms with van der Waals surface area (Å²) in [4.78, 5) is 40.4. The first kappa shape index (κ1) is 28.6. The lowest BCUT2D eigenvalue weighted by molar-refractivity contribution is -0.139. The third-order valence-electron chi connectivity index (χ3n) is 6.34. The highest BCUT2D eigenvalue weighted by molar-refractivity contribution is 7.92. The molecule has 0 saturated carbocycles. The molecule has 2 amide bonds. The fourth-order valence-corrected chi connectivity index (χ4v) is 5.03. The number of carbonyl (C=O) groups excluding carboxylic acids is 3. The Morgan fingerprint density at radius 1 is 0.921 bits per heavy atom. The summed E-state index contributed by atoms with van der Waals surface area (Å²) in [7, 11) is -2.40. The van der Waals surface area contributed by atoms with E-state index >= 15 is 0 Å². The average Bonchev–Trinajstić information content (AvgIpc) is 2.89. The SMILES string of the molecule is CNC(=O)[C@H](Cc1ccccc1)N(Cc1ccccc1C)C(=O)CN(c1cccc(C(C)=O)c1)S(C)(=O)=O. The van der Waals surface area contributed by atoms with E-state index in [0.29, 0.717) is 5.56 Å². The van der Waals surface area contributed by atoms with Crippen molar-refractivity contribution in [1.29, 1.82) is 0 Å². The molecule has 0 heterocycles. The van der Waals surface area contributed by atoms with E-state index in [1.54, 1.807) is 12.1 Å². The van der Waals surface area contributed by atoms with Crippen molar-refractivity contribution in [3.05, 3.63) is 101 Å². The Morgan fingerprint density at radius 2 is 1.58 bits per heavy atom. The van der Waals surface area contributed by atoms with E-state index < -0.39 is 28.5 Å². The number of hydrogen-bond acceptors (Lipinski definition) is 5. The van der Waals surface area contributed by atoms with Crippen LogP contribution in [0.5, 0.6) is 0 Å². The van der Waals surface area contributed by atoms with Gasteiger partial charge in [0.05, 0.1) is 11.9 Å². The largest absolute Gasteiger partial charge is 0.357 e. The number of anilines is 1. The quantitative estimate of drug-likeness (QED) is 0.379. The van der Waals surface area contributed by atoms with Crippen LogP contribution in [-0.2, 0) is 32.6 Å². The molecule has 9 heteroatoms. The summed E-state index contributed by atoms with van der Waals surface area (Å²) in [5, 5.41) is 2.65. The summed E-state index contributed by atoms with van der Waals surface area (Å²) in [6, 6.07) is 22.1. The summed E-state index contributed by atoms with van der Waals surface area (Å²) in [6.07, 6.45) is 1.25. The van der Waals surface area contributed by atoms with Gasteiger partial charge in [-0.05, 0) is 42.7 Å². The maximum absolute atomic E-state index is 13.9. The Kier molecular flexibility index (Phi) is 9.41. The summed E-state index contributed by atoms with van der Waals surface area (Å²) < 4.78 is 26.6. The van der Waals surface area contributed by atoms with E-state index in [2.05, 4.69) is 5.32 Å². The van der Waals surface area contributed by atoms with E-state index in [0.717, 1.165) is 27.3 Å². The van der Waals surface area contributed by atoms with Crippen molar-refractivity contribution in [2.75, 3.05) is 24.2 Å². The Hall–Kier alpha value is -3.98. The Labute approximate surface area is 224 Å². The molecule has 0 saturated heterocycles. The van der Waals surface area contributed by atoms with E-state index in [-0.39, 0.29) is 30.3 Å². The van der Waals surface area contributed by atoms with Gasteiger partial charge in [-0.15, -0.1) is 0 Å². The Bertz CT molecular complexity index is 1410. The number of likely N-dealkylation sites (N-methyl/N-ethyl adjacent to an activating group) is 1. The van der Waals surface area contributed by atoms with Crippen LogP contribution in [0.2, 0.25) is 0 Å². The predicted octanol–water partition coefficient (Wildman–Crippen LogP) is 3.35. The molecular weight excluding hydrogens is 502 g/mol. The minimum atomic E-state index is -3.91. The Balaban J connectivity index is 2.05. The molecule has 0 bridgehead atoms. The fraction of sp³-hybridized carbons (Fsp3) is 0.276. The van der Waals surface area contributed by atoms with Crippen LogP contribution in [0.4, 0.5) is 5.69 Å². The van der Waals surface area contributed by atoms with Gasteiger partial charge < -0.3 is 10.2 Å². The summed E-state index contributed by atoms with van der Waals surface area (Å²) in [5.74, 6) is -1.13. The number of amides is 2. The molecule has 3 aromatic rings. The molecule has 38 heavy (non-hydrogen) atoms. The fourth-order valence-electron chi connectivity index (χ4n) is 4.19. The number of Topliss-reactive ketones (excluding diaryl/α,β-unsaturated/α-hetero) is 1. The van der Waals surface area contributed by atoms with Gasteiger partial charge in [-0.3, -0.25) is 18.7 Å². The molecule has 0 radical (unpaired) electrons. The average molecular weight is 536 g/mol. The van der Waals surface area contributed by atoms with E-state index in [4.69, 9.17) is 0 Å². The van der Waals surface area contributed by atoms with Crippen molar-refractivity contribution in [1.82, 2.24) is 10.2 Å². The van der Waals surface area contributed by atoms with Crippen LogP contribution >= 0.6 is 0 Å². The molecule has 0 aliphatic carbocycles. The second-order valence-electron chi connectivity index (χ2n) is 9.14. The van der Waals surface area contributed by atoms with Gasteiger partial charge in [0.1, 0.15) is 12.6 Å². The smallest absolute Gasteiger partial charge is 0.244 e. The zero-order valence-electron chi connectivity index (χ0n) is 22.0. The first-order chi connectivity index (χ1) is 18.0. The Morgan fingerprint density at radius 3 is 2.18 bits per heavy atom. The number of carbonyl (C=O) groups is 3. The highest BCUT2D eigenvalue weighted by Gasteiger charge is 2.32. The molecule has 0 aliphatic rings. The normalized spacial score (nSPS) is 11.9. The van der Waals surface area contributed by atoms with Crippen molar-refractivity contribution in [3.8, 4) is 0 Å². The van der Waals surface area contributed by atoms with Crippen LogP contribution in [0.15, 0.2) is 78.9 Å². The summed E-state index contributed by atoms with van der Waals surface area (Å²) >= 11 is 0. The van der Waals surface area contributed by atoms with Gasteiger partial charge in [-0.2, -0.15) is 0 Å². The van der Waals surface area contributed by atoms with E-state index in [1.165, 1.54) is 31.0 Å². The number of benzene rings is 3. The van der Waals surface area contributed by atoms with Crippen molar-refractivity contribution < 1.29 is 22.8 Å². The summed E-state index contributed by atoms with van der Waals surface area (Å²) in [5.41, 5.74) is 3.16.